The summed E-state index contributed by atoms with van der Waals surface area (Å²) in [6.07, 6.45) is 0. The first-order chi connectivity index (χ1) is 14.2. The number of benzene rings is 3. The summed E-state index contributed by atoms with van der Waals surface area (Å²) in [5.41, 5.74) is 6.25. The summed E-state index contributed by atoms with van der Waals surface area (Å²) in [6.45, 7) is 0. The number of rotatable bonds is 7. The SMILES string of the molecule is COc1ccccc1N(c1c(N)cccc1Sc1ccc([N+](=O)[O-])cc1)S(=O)(=O)O. The van der Waals surface area contributed by atoms with E-state index >= 15 is 0 Å². The van der Waals surface area contributed by atoms with Crippen LogP contribution < -0.4 is 14.8 Å². The minimum Gasteiger partial charge on any atom is -0.495 e. The van der Waals surface area contributed by atoms with Crippen molar-refractivity contribution in [2.45, 2.75) is 9.79 Å². The van der Waals surface area contributed by atoms with E-state index in [0.717, 1.165) is 11.8 Å². The Morgan fingerprint density at radius 2 is 1.73 bits per heavy atom. The highest BCUT2D eigenvalue weighted by Gasteiger charge is 2.29. The molecule has 3 aromatic rings. The van der Waals surface area contributed by atoms with Crippen LogP contribution in [0.4, 0.5) is 22.7 Å². The minimum atomic E-state index is -4.79. The van der Waals surface area contributed by atoms with Gasteiger partial charge in [-0.25, -0.2) is 4.31 Å². The van der Waals surface area contributed by atoms with Gasteiger partial charge in [0.25, 0.3) is 5.69 Å². The van der Waals surface area contributed by atoms with Crippen LogP contribution in [-0.4, -0.2) is 25.0 Å². The van der Waals surface area contributed by atoms with E-state index < -0.39 is 15.2 Å². The summed E-state index contributed by atoms with van der Waals surface area (Å²) in [4.78, 5) is 11.4. The molecule has 11 heteroatoms. The van der Waals surface area contributed by atoms with Crippen molar-refractivity contribution in [1.82, 2.24) is 0 Å². The van der Waals surface area contributed by atoms with E-state index in [1.165, 1.54) is 43.5 Å². The molecule has 0 spiro atoms. The van der Waals surface area contributed by atoms with Gasteiger partial charge in [0.2, 0.25) is 0 Å². The minimum absolute atomic E-state index is 0.0350. The molecule has 30 heavy (non-hydrogen) atoms. The number of para-hydroxylation sites is 3. The second-order valence-electron chi connectivity index (χ2n) is 5.96. The molecule has 0 amide bonds. The van der Waals surface area contributed by atoms with Crippen molar-refractivity contribution >= 4 is 44.8 Å². The molecule has 0 fully saturated rings. The van der Waals surface area contributed by atoms with Crippen LogP contribution in [0.5, 0.6) is 5.75 Å². The largest absolute Gasteiger partial charge is 0.495 e. The second-order valence-corrected chi connectivity index (χ2v) is 8.34. The van der Waals surface area contributed by atoms with Gasteiger partial charge in [0.15, 0.2) is 0 Å². The molecule has 3 N–H and O–H groups in total. The van der Waals surface area contributed by atoms with Crippen molar-refractivity contribution in [3.05, 3.63) is 76.8 Å². The third-order valence-electron chi connectivity index (χ3n) is 4.04. The fourth-order valence-corrected chi connectivity index (χ4v) is 4.63. The van der Waals surface area contributed by atoms with Gasteiger partial charge in [-0.05, 0) is 36.4 Å². The summed E-state index contributed by atoms with van der Waals surface area (Å²) in [5, 5.41) is 10.9. The summed E-state index contributed by atoms with van der Waals surface area (Å²) in [5.74, 6) is 0.213. The number of hydrogen-bond acceptors (Lipinski definition) is 7. The highest BCUT2D eigenvalue weighted by molar-refractivity contribution is 7.99. The molecule has 0 aliphatic heterocycles. The summed E-state index contributed by atoms with van der Waals surface area (Å²) in [7, 11) is -3.41. The Labute approximate surface area is 177 Å². The number of nitrogens with zero attached hydrogens (tertiary/aromatic N) is 2. The third-order valence-corrected chi connectivity index (χ3v) is 5.94. The number of non-ortho nitro benzene ring substituents is 1. The average molecular weight is 447 g/mol. The standard InChI is InChI=1S/C19H17N3O6S2/c1-28-17-7-3-2-6-16(17)21(30(25,26)27)19-15(20)5-4-8-18(19)29-14-11-9-13(10-12-14)22(23)24/h2-12H,20H2,1H3,(H,25,26,27). The fraction of sp³-hybridized carbons (Fsp3) is 0.0526. The lowest BCUT2D eigenvalue weighted by molar-refractivity contribution is -0.384. The molecule has 9 nitrogen and oxygen atoms in total. The zero-order chi connectivity index (χ0) is 21.9. The first-order valence-electron chi connectivity index (χ1n) is 8.44. The van der Waals surface area contributed by atoms with Gasteiger partial charge in [0.1, 0.15) is 11.4 Å². The molecular formula is C19H17N3O6S2. The van der Waals surface area contributed by atoms with Gasteiger partial charge in [-0.2, -0.15) is 8.42 Å². The Morgan fingerprint density at radius 3 is 2.33 bits per heavy atom. The molecule has 156 valence electrons. The van der Waals surface area contributed by atoms with Crippen LogP contribution in [0.2, 0.25) is 0 Å². The average Bonchev–Trinajstić information content (AvgIpc) is 2.70. The molecule has 0 bridgehead atoms. The number of nitro groups is 1. The van der Waals surface area contributed by atoms with Crippen molar-refractivity contribution in [2.24, 2.45) is 0 Å². The van der Waals surface area contributed by atoms with Gasteiger partial charge in [-0.1, -0.05) is 30.0 Å². The Bertz CT molecular complexity index is 1180. The van der Waals surface area contributed by atoms with E-state index in [2.05, 4.69) is 0 Å². The highest BCUT2D eigenvalue weighted by atomic mass is 32.2. The second kappa shape index (κ2) is 8.61. The zero-order valence-corrected chi connectivity index (χ0v) is 17.3. The first kappa shape index (κ1) is 21.4. The molecule has 0 saturated heterocycles. The van der Waals surface area contributed by atoms with E-state index in [9.17, 15) is 23.1 Å². The van der Waals surface area contributed by atoms with Crippen molar-refractivity contribution in [2.75, 3.05) is 17.1 Å². The van der Waals surface area contributed by atoms with Crippen LogP contribution >= 0.6 is 11.8 Å². The molecule has 0 aliphatic carbocycles. The molecule has 0 aliphatic rings. The van der Waals surface area contributed by atoms with Gasteiger partial charge in [0, 0.05) is 21.9 Å². The van der Waals surface area contributed by atoms with Crippen LogP contribution in [-0.2, 0) is 10.3 Å². The van der Waals surface area contributed by atoms with Gasteiger partial charge in [-0.3, -0.25) is 14.7 Å². The zero-order valence-electron chi connectivity index (χ0n) is 15.6. The fourth-order valence-electron chi connectivity index (χ4n) is 2.76. The third kappa shape index (κ3) is 4.48. The quantitative estimate of drug-likeness (QED) is 0.237. The van der Waals surface area contributed by atoms with Gasteiger partial charge >= 0.3 is 10.3 Å². The Hall–Kier alpha value is -3.28. The Kier molecular flexibility index (Phi) is 6.15. The predicted octanol–water partition coefficient (Wildman–Crippen LogP) is 4.28. The Balaban J connectivity index is 2.15. The van der Waals surface area contributed by atoms with Crippen molar-refractivity contribution in [3.63, 3.8) is 0 Å². The summed E-state index contributed by atoms with van der Waals surface area (Å²) < 4.78 is 40.7. The van der Waals surface area contributed by atoms with Crippen LogP contribution in [0.15, 0.2) is 76.5 Å². The van der Waals surface area contributed by atoms with E-state index in [1.807, 2.05) is 0 Å². The molecule has 3 aromatic carbocycles. The van der Waals surface area contributed by atoms with Crippen molar-refractivity contribution < 1.29 is 22.6 Å². The first-order valence-corrected chi connectivity index (χ1v) is 10.6. The van der Waals surface area contributed by atoms with Crippen LogP contribution in [0.1, 0.15) is 0 Å². The van der Waals surface area contributed by atoms with Crippen LogP contribution in [0.3, 0.4) is 0 Å². The maximum Gasteiger partial charge on any atom is 0.364 e. The molecule has 0 saturated carbocycles. The van der Waals surface area contributed by atoms with E-state index in [-0.39, 0.29) is 28.5 Å². The van der Waals surface area contributed by atoms with Gasteiger partial charge in [-0.15, -0.1) is 0 Å². The molecule has 0 atom stereocenters. The molecule has 0 heterocycles. The lowest BCUT2D eigenvalue weighted by atomic mass is 10.2. The van der Waals surface area contributed by atoms with Crippen LogP contribution in [0.25, 0.3) is 0 Å². The number of anilines is 3. The van der Waals surface area contributed by atoms with Crippen molar-refractivity contribution in [3.8, 4) is 5.75 Å². The van der Waals surface area contributed by atoms with Gasteiger partial charge < -0.3 is 10.5 Å². The number of hydrogen-bond donors (Lipinski definition) is 2. The number of ether oxygens (including phenoxy) is 1. The molecule has 0 radical (unpaired) electrons. The summed E-state index contributed by atoms with van der Waals surface area (Å²) >= 11 is 1.14. The summed E-state index contributed by atoms with van der Waals surface area (Å²) in [6, 6.07) is 16.8. The predicted molar refractivity (Wildman–Crippen MR) is 115 cm³/mol. The maximum atomic E-state index is 12.4. The number of nitrogens with two attached hydrogens (primary N) is 1. The molecule has 3 rings (SSSR count). The van der Waals surface area contributed by atoms with E-state index in [4.69, 9.17) is 10.5 Å². The topological polar surface area (TPSA) is 136 Å². The normalized spacial score (nSPS) is 11.1. The number of nitrogen functional groups attached to an aromatic ring is 1. The van der Waals surface area contributed by atoms with E-state index in [0.29, 0.717) is 14.1 Å². The lowest BCUT2D eigenvalue weighted by Gasteiger charge is -2.26. The molecule has 0 unspecified atom stereocenters. The monoisotopic (exact) mass is 447 g/mol. The smallest absolute Gasteiger partial charge is 0.364 e. The van der Waals surface area contributed by atoms with Crippen molar-refractivity contribution in [1.29, 1.82) is 0 Å². The van der Waals surface area contributed by atoms with E-state index in [1.54, 1.807) is 30.3 Å². The highest BCUT2D eigenvalue weighted by Crippen LogP contribution is 2.45. The van der Waals surface area contributed by atoms with Gasteiger partial charge in [0.05, 0.1) is 23.4 Å². The number of methoxy groups -OCH3 is 1. The van der Waals surface area contributed by atoms with Crippen LogP contribution in [0, 0.1) is 10.1 Å². The lowest BCUT2D eigenvalue weighted by Crippen LogP contribution is -2.27. The number of nitro benzene ring substituents is 1. The maximum absolute atomic E-state index is 12.4. The Morgan fingerprint density at radius 1 is 1.07 bits per heavy atom. The molecule has 0 aromatic heterocycles. The molecular weight excluding hydrogens is 430 g/mol.